The molecule has 0 unspecified atom stereocenters. The second-order valence-corrected chi connectivity index (χ2v) is 8.58. The quantitative estimate of drug-likeness (QED) is 0.442. The highest BCUT2D eigenvalue weighted by molar-refractivity contribution is 5.72. The van der Waals surface area contributed by atoms with Gasteiger partial charge in [-0.25, -0.2) is 23.1 Å². The smallest absolute Gasteiger partial charge is 0.337 e. The molecule has 4 aromatic rings. The number of methoxy groups -OCH3 is 1. The van der Waals surface area contributed by atoms with E-state index in [-0.39, 0.29) is 22.9 Å². The van der Waals surface area contributed by atoms with Crippen LogP contribution in [0.3, 0.4) is 0 Å². The molecule has 2 aromatic carbocycles. The van der Waals surface area contributed by atoms with Crippen LogP contribution in [0, 0.1) is 11.6 Å². The minimum Gasteiger partial charge on any atom is -0.497 e. The molecule has 176 valence electrons. The Bertz CT molecular complexity index is 1460. The van der Waals surface area contributed by atoms with Crippen LogP contribution in [0.25, 0.3) is 16.9 Å². The lowest BCUT2D eigenvalue weighted by atomic mass is 9.95. The topological polar surface area (TPSA) is 71.1 Å². The summed E-state index contributed by atoms with van der Waals surface area (Å²) in [4.78, 5) is 31.6. The van der Waals surface area contributed by atoms with E-state index in [1.165, 1.54) is 21.5 Å². The van der Waals surface area contributed by atoms with Crippen LogP contribution >= 0.6 is 0 Å². The van der Waals surface area contributed by atoms with Crippen LogP contribution in [-0.2, 0) is 6.54 Å². The van der Waals surface area contributed by atoms with Crippen molar-refractivity contribution < 1.29 is 13.5 Å². The zero-order valence-corrected chi connectivity index (χ0v) is 18.7. The van der Waals surface area contributed by atoms with Gasteiger partial charge in [-0.3, -0.25) is 9.36 Å². The largest absolute Gasteiger partial charge is 0.497 e. The van der Waals surface area contributed by atoms with Crippen LogP contribution < -0.4 is 16.0 Å². The van der Waals surface area contributed by atoms with Crippen molar-refractivity contribution in [2.24, 2.45) is 0 Å². The van der Waals surface area contributed by atoms with Gasteiger partial charge in [0.05, 0.1) is 19.1 Å². The first-order valence-corrected chi connectivity index (χ1v) is 11.3. The van der Waals surface area contributed by atoms with E-state index in [4.69, 9.17) is 4.74 Å². The average molecular weight is 466 g/mol. The summed E-state index contributed by atoms with van der Waals surface area (Å²) in [6.07, 6.45) is 5.82. The number of halogens is 2. The Balaban J connectivity index is 1.73. The van der Waals surface area contributed by atoms with Crippen molar-refractivity contribution in [3.05, 3.63) is 86.8 Å². The Morgan fingerprint density at radius 2 is 1.74 bits per heavy atom. The second kappa shape index (κ2) is 8.89. The van der Waals surface area contributed by atoms with E-state index in [2.05, 4.69) is 4.98 Å². The molecule has 0 radical (unpaired) electrons. The van der Waals surface area contributed by atoms with Crippen molar-refractivity contribution in [3.8, 4) is 11.4 Å². The minimum absolute atomic E-state index is 0.113. The first kappa shape index (κ1) is 22.1. The summed E-state index contributed by atoms with van der Waals surface area (Å²) < 4.78 is 37.1. The lowest BCUT2D eigenvalue weighted by Gasteiger charge is -2.24. The molecule has 0 saturated heterocycles. The SMILES string of the molecule is COc1ccc(Cn2cnc3c2c(=O)n(C2CCCCC2)c(=O)n3-c2ccc(F)c(F)c2)cc1. The third-order valence-electron chi connectivity index (χ3n) is 6.46. The van der Waals surface area contributed by atoms with Gasteiger partial charge in [-0.15, -0.1) is 0 Å². The number of ether oxygens (including phenoxy) is 1. The Morgan fingerprint density at radius 3 is 2.41 bits per heavy atom. The molecule has 0 atom stereocenters. The molecule has 0 amide bonds. The molecule has 0 spiro atoms. The highest BCUT2D eigenvalue weighted by Gasteiger charge is 2.25. The third-order valence-corrected chi connectivity index (χ3v) is 6.46. The molecule has 0 aliphatic heterocycles. The van der Waals surface area contributed by atoms with Crippen molar-refractivity contribution in [1.29, 1.82) is 0 Å². The maximum Gasteiger partial charge on any atom is 0.337 e. The zero-order chi connectivity index (χ0) is 23.8. The highest BCUT2D eigenvalue weighted by Crippen LogP contribution is 2.27. The van der Waals surface area contributed by atoms with Crippen LogP contribution in [0.5, 0.6) is 5.75 Å². The maximum absolute atomic E-state index is 14.1. The van der Waals surface area contributed by atoms with E-state index < -0.39 is 22.9 Å². The first-order chi connectivity index (χ1) is 16.5. The summed E-state index contributed by atoms with van der Waals surface area (Å²) in [5.74, 6) is -1.38. The summed E-state index contributed by atoms with van der Waals surface area (Å²) in [6.45, 7) is 0.344. The van der Waals surface area contributed by atoms with Gasteiger partial charge < -0.3 is 9.30 Å². The highest BCUT2D eigenvalue weighted by atomic mass is 19.2. The normalized spacial score (nSPS) is 14.6. The number of hydrogen-bond donors (Lipinski definition) is 0. The van der Waals surface area contributed by atoms with Crippen LogP contribution in [0.1, 0.15) is 43.7 Å². The van der Waals surface area contributed by atoms with Gasteiger partial charge in [-0.05, 0) is 42.7 Å². The number of benzene rings is 2. The number of hydrogen-bond acceptors (Lipinski definition) is 4. The molecular weight excluding hydrogens is 442 g/mol. The van der Waals surface area contributed by atoms with Gasteiger partial charge in [0, 0.05) is 18.7 Å². The minimum atomic E-state index is -1.08. The number of rotatable bonds is 5. The fourth-order valence-corrected chi connectivity index (χ4v) is 4.72. The van der Waals surface area contributed by atoms with Crippen LogP contribution in [-0.4, -0.2) is 25.8 Å². The van der Waals surface area contributed by atoms with Gasteiger partial charge in [0.1, 0.15) is 5.75 Å². The summed E-state index contributed by atoms with van der Waals surface area (Å²) in [7, 11) is 1.59. The molecular formula is C25H24F2N4O3. The van der Waals surface area contributed by atoms with Gasteiger partial charge in [0.25, 0.3) is 5.56 Å². The number of aromatic nitrogens is 4. The lowest BCUT2D eigenvalue weighted by molar-refractivity contribution is 0.335. The Kier molecular flexibility index (Phi) is 5.77. The molecule has 5 rings (SSSR count). The van der Waals surface area contributed by atoms with Crippen molar-refractivity contribution in [2.45, 2.75) is 44.7 Å². The molecule has 1 saturated carbocycles. The molecule has 7 nitrogen and oxygen atoms in total. The average Bonchev–Trinajstić information content (AvgIpc) is 3.26. The van der Waals surface area contributed by atoms with Crippen molar-refractivity contribution in [1.82, 2.24) is 18.7 Å². The molecule has 1 aliphatic rings. The van der Waals surface area contributed by atoms with Gasteiger partial charge in [-0.2, -0.15) is 0 Å². The van der Waals surface area contributed by atoms with Gasteiger partial charge in [-0.1, -0.05) is 31.4 Å². The van der Waals surface area contributed by atoms with Crippen LogP contribution in [0.4, 0.5) is 8.78 Å². The van der Waals surface area contributed by atoms with Crippen molar-refractivity contribution in [2.75, 3.05) is 7.11 Å². The van der Waals surface area contributed by atoms with Crippen molar-refractivity contribution in [3.63, 3.8) is 0 Å². The number of fused-ring (bicyclic) bond motifs is 1. The molecule has 34 heavy (non-hydrogen) atoms. The Morgan fingerprint density at radius 1 is 1.00 bits per heavy atom. The van der Waals surface area contributed by atoms with E-state index in [1.807, 2.05) is 24.3 Å². The summed E-state index contributed by atoms with van der Waals surface area (Å²) in [5, 5.41) is 0. The van der Waals surface area contributed by atoms with Crippen LogP contribution in [0.2, 0.25) is 0 Å². The van der Waals surface area contributed by atoms with E-state index >= 15 is 0 Å². The molecule has 9 heteroatoms. The van der Waals surface area contributed by atoms with Crippen LogP contribution in [0.15, 0.2) is 58.4 Å². The fraction of sp³-hybridized carbons (Fsp3) is 0.320. The third kappa shape index (κ3) is 3.81. The Labute approximate surface area is 193 Å². The molecule has 0 bridgehead atoms. The standard InChI is InChI=1S/C25H24F2N4O3/c1-34-19-10-7-16(8-11-19)14-29-15-28-23-22(29)24(32)31(17-5-3-2-4-6-17)25(33)30(23)18-9-12-20(26)21(27)13-18/h7-13,15,17H,2-6,14H2,1H3. The van der Waals surface area contributed by atoms with E-state index in [1.54, 1.807) is 11.7 Å². The fourth-order valence-electron chi connectivity index (χ4n) is 4.72. The van der Waals surface area contributed by atoms with E-state index in [0.717, 1.165) is 37.0 Å². The monoisotopic (exact) mass is 466 g/mol. The van der Waals surface area contributed by atoms with Gasteiger partial charge >= 0.3 is 5.69 Å². The molecule has 1 fully saturated rings. The van der Waals surface area contributed by atoms with Crippen molar-refractivity contribution >= 4 is 11.2 Å². The molecule has 2 heterocycles. The van der Waals surface area contributed by atoms with E-state index in [0.29, 0.717) is 25.1 Å². The lowest BCUT2D eigenvalue weighted by Crippen LogP contribution is -2.43. The van der Waals surface area contributed by atoms with Gasteiger partial charge in [0.15, 0.2) is 22.8 Å². The first-order valence-electron chi connectivity index (χ1n) is 11.3. The molecule has 0 N–H and O–H groups in total. The summed E-state index contributed by atoms with van der Waals surface area (Å²) in [5.41, 5.74) is 0.372. The number of nitrogens with zero attached hydrogens (tertiary/aromatic N) is 4. The van der Waals surface area contributed by atoms with Gasteiger partial charge in [0.2, 0.25) is 0 Å². The predicted octanol–water partition coefficient (Wildman–Crippen LogP) is 4.19. The maximum atomic E-state index is 14.1. The molecule has 1 aliphatic carbocycles. The number of imidazole rings is 1. The van der Waals surface area contributed by atoms with E-state index in [9.17, 15) is 18.4 Å². The summed E-state index contributed by atoms with van der Waals surface area (Å²) >= 11 is 0. The Hall–Kier alpha value is -3.75. The summed E-state index contributed by atoms with van der Waals surface area (Å²) in [6, 6.07) is 10.4. The zero-order valence-electron chi connectivity index (χ0n) is 18.7. The predicted molar refractivity (Wildman–Crippen MR) is 124 cm³/mol. The molecule has 2 aromatic heterocycles. The second-order valence-electron chi connectivity index (χ2n) is 8.58.